The first-order chi connectivity index (χ1) is 23.6. The van der Waals surface area contributed by atoms with E-state index in [9.17, 15) is 19.1 Å². The number of aryl methyl sites for hydroxylation is 3. The molecule has 1 unspecified atom stereocenters. The van der Waals surface area contributed by atoms with Gasteiger partial charge in [0.2, 0.25) is 5.71 Å². The zero-order valence-corrected chi connectivity index (χ0v) is 28.8. The average molecular weight is 690 g/mol. The van der Waals surface area contributed by atoms with Crippen molar-refractivity contribution in [3.05, 3.63) is 88.9 Å². The van der Waals surface area contributed by atoms with Gasteiger partial charge >= 0.3 is 5.91 Å². The highest BCUT2D eigenvalue weighted by Crippen LogP contribution is 2.38. The standard InChI is InChI=1S/C36H41FN6O5S/c1-6-27-20-41(14-15-43(27)33(44)7-2)22-49-36(25-10-9-23(4)30(37)18-25)48-31-17-24(5)28(34(45)39-32-11-13-42(8-3)40-32)19-29(31)35(46)38-26-12-16-47-21-26/h1,7,9-11,13,17-19,26,35-36,38,46H,2,8,12,14-16,20-22H2,3-5H3/p+1/t26-,35?,36+/m0/s1. The predicted octanol–water partition coefficient (Wildman–Crippen LogP) is 4.16. The lowest BCUT2D eigenvalue weighted by Gasteiger charge is -2.28. The number of nitrogens with one attached hydrogen (secondary N) is 2. The molecule has 258 valence electrons. The van der Waals surface area contributed by atoms with E-state index in [1.165, 1.54) is 23.9 Å². The molecular weight excluding hydrogens is 647 g/mol. The van der Waals surface area contributed by atoms with Gasteiger partial charge in [-0.15, -0.1) is 6.42 Å². The van der Waals surface area contributed by atoms with Crippen LogP contribution in [0.25, 0.3) is 0 Å². The van der Waals surface area contributed by atoms with Gasteiger partial charge in [-0.05, 0) is 62.4 Å². The number of benzene rings is 2. The molecule has 1 aromatic heterocycles. The van der Waals surface area contributed by atoms with Crippen LogP contribution in [0, 0.1) is 32.0 Å². The molecule has 5 rings (SSSR count). The molecule has 3 heterocycles. The van der Waals surface area contributed by atoms with Gasteiger partial charge in [-0.2, -0.15) is 9.67 Å². The van der Waals surface area contributed by atoms with Gasteiger partial charge in [0.15, 0.2) is 17.8 Å². The van der Waals surface area contributed by atoms with Gasteiger partial charge in [0, 0.05) is 60.1 Å². The van der Waals surface area contributed by atoms with Gasteiger partial charge in [0.1, 0.15) is 17.8 Å². The molecule has 0 aliphatic carbocycles. The first-order valence-corrected chi connectivity index (χ1v) is 17.2. The lowest BCUT2D eigenvalue weighted by molar-refractivity contribution is -0.449. The van der Waals surface area contributed by atoms with E-state index in [4.69, 9.17) is 15.9 Å². The van der Waals surface area contributed by atoms with Crippen LogP contribution in [0.2, 0.25) is 0 Å². The van der Waals surface area contributed by atoms with Crippen molar-refractivity contribution in [1.29, 1.82) is 0 Å². The fraction of sp³-hybridized carbons (Fsp3) is 0.389. The minimum atomic E-state index is -1.20. The second-order valence-corrected chi connectivity index (χ2v) is 13.0. The second-order valence-electron chi connectivity index (χ2n) is 11.9. The Labute approximate surface area is 290 Å². The van der Waals surface area contributed by atoms with Gasteiger partial charge in [0.05, 0.1) is 19.7 Å². The number of anilines is 1. The van der Waals surface area contributed by atoms with E-state index in [0.29, 0.717) is 90.4 Å². The lowest BCUT2D eigenvalue weighted by atomic mass is 10.0. The minimum Gasteiger partial charge on any atom is -0.474 e. The largest absolute Gasteiger partial charge is 0.474 e. The number of carbonyl (C=O) groups is 2. The maximum absolute atomic E-state index is 14.9. The van der Waals surface area contributed by atoms with E-state index in [2.05, 4.69) is 33.1 Å². The zero-order valence-electron chi connectivity index (χ0n) is 27.9. The fourth-order valence-electron chi connectivity index (χ4n) is 5.61. The van der Waals surface area contributed by atoms with E-state index in [0.717, 1.165) is 6.42 Å². The molecule has 0 bridgehead atoms. The van der Waals surface area contributed by atoms with Crippen LogP contribution in [0.4, 0.5) is 10.2 Å². The Hall–Kier alpha value is -4.32. The Morgan fingerprint density at radius 1 is 1.31 bits per heavy atom. The summed E-state index contributed by atoms with van der Waals surface area (Å²) in [5.74, 6) is 2.81. The van der Waals surface area contributed by atoms with Gasteiger partial charge in [-0.3, -0.25) is 19.7 Å². The zero-order chi connectivity index (χ0) is 35.1. The van der Waals surface area contributed by atoms with E-state index in [1.54, 1.807) is 53.6 Å². The summed E-state index contributed by atoms with van der Waals surface area (Å²) in [5.41, 5.74) is 2.20. The number of ether oxygens (including phenoxy) is 2. The molecular formula is C36H42FN6O5S+. The Morgan fingerprint density at radius 2 is 2.12 bits per heavy atom. The molecule has 0 spiro atoms. The van der Waals surface area contributed by atoms with Gasteiger partial charge in [-0.25, -0.2) is 9.18 Å². The maximum atomic E-state index is 14.9. The molecule has 1 saturated heterocycles. The number of hydrogen-bond donors (Lipinski definition) is 3. The summed E-state index contributed by atoms with van der Waals surface area (Å²) in [7, 11) is 0. The number of aromatic nitrogens is 2. The van der Waals surface area contributed by atoms with E-state index in [1.807, 2.05) is 13.0 Å². The minimum absolute atomic E-state index is 0.0935. The van der Waals surface area contributed by atoms with Gasteiger partial charge < -0.3 is 19.9 Å². The van der Waals surface area contributed by atoms with E-state index < -0.39 is 11.7 Å². The Balaban J connectivity index is 1.45. The third kappa shape index (κ3) is 8.83. The molecule has 2 aliphatic heterocycles. The molecule has 1 fully saturated rings. The fourth-order valence-corrected chi connectivity index (χ4v) is 6.69. The number of halogens is 1. The number of amides is 2. The average Bonchev–Trinajstić information content (AvgIpc) is 3.79. The topological polar surface area (TPSA) is 121 Å². The van der Waals surface area contributed by atoms with Crippen molar-refractivity contribution in [3.63, 3.8) is 0 Å². The summed E-state index contributed by atoms with van der Waals surface area (Å²) in [6.45, 7) is 12.0. The smallest absolute Gasteiger partial charge is 0.412 e. The van der Waals surface area contributed by atoms with Crippen molar-refractivity contribution in [1.82, 2.24) is 20.0 Å². The van der Waals surface area contributed by atoms with Gasteiger partial charge in [0.25, 0.3) is 5.91 Å². The van der Waals surface area contributed by atoms with Crippen LogP contribution in [0.5, 0.6) is 5.75 Å². The monoisotopic (exact) mass is 689 g/mol. The van der Waals surface area contributed by atoms with Crippen LogP contribution < -0.4 is 15.4 Å². The molecule has 0 saturated carbocycles. The number of nitrogens with zero attached hydrogens (tertiary/aromatic N) is 4. The van der Waals surface area contributed by atoms with Gasteiger partial charge in [-0.1, -0.05) is 30.5 Å². The summed E-state index contributed by atoms with van der Waals surface area (Å²) in [4.78, 5) is 27.9. The molecule has 0 radical (unpaired) electrons. The summed E-state index contributed by atoms with van der Waals surface area (Å²) < 4.78 is 30.3. The number of terminal acetylenes is 1. The number of rotatable bonds is 13. The third-order valence-corrected chi connectivity index (χ3v) is 9.67. The van der Waals surface area contributed by atoms with Crippen molar-refractivity contribution in [2.24, 2.45) is 0 Å². The molecule has 3 aromatic rings. The lowest BCUT2D eigenvalue weighted by Crippen LogP contribution is -2.45. The van der Waals surface area contributed by atoms with Crippen molar-refractivity contribution in [2.45, 2.75) is 51.4 Å². The van der Waals surface area contributed by atoms with Crippen molar-refractivity contribution >= 4 is 35.1 Å². The predicted molar refractivity (Wildman–Crippen MR) is 187 cm³/mol. The van der Waals surface area contributed by atoms with Crippen LogP contribution in [0.1, 0.15) is 57.6 Å². The van der Waals surface area contributed by atoms with Crippen LogP contribution in [0.3, 0.4) is 0 Å². The molecule has 49 heavy (non-hydrogen) atoms. The summed E-state index contributed by atoms with van der Waals surface area (Å²) in [6, 6.07) is 9.91. The van der Waals surface area contributed by atoms with Crippen LogP contribution in [-0.4, -0.2) is 86.7 Å². The Kier molecular flexibility index (Phi) is 12.0. The summed E-state index contributed by atoms with van der Waals surface area (Å²) in [5, 5.41) is 21.9. The molecule has 2 amide bonds. The molecule has 3 N–H and O–H groups in total. The summed E-state index contributed by atoms with van der Waals surface area (Å²) >= 11 is 1.41. The first kappa shape index (κ1) is 36.0. The van der Waals surface area contributed by atoms with Crippen molar-refractivity contribution < 1.29 is 33.1 Å². The highest BCUT2D eigenvalue weighted by Gasteiger charge is 2.30. The van der Waals surface area contributed by atoms with Crippen LogP contribution in [0.15, 0.2) is 55.3 Å². The van der Waals surface area contributed by atoms with Crippen LogP contribution >= 0.6 is 11.8 Å². The normalized spacial score (nSPS) is 17.8. The highest BCUT2D eigenvalue weighted by atomic mass is 32.2. The maximum Gasteiger partial charge on any atom is 0.412 e. The first-order valence-electron chi connectivity index (χ1n) is 16.1. The van der Waals surface area contributed by atoms with Crippen molar-refractivity contribution in [3.8, 4) is 18.1 Å². The molecule has 13 heteroatoms. The number of aliphatic hydroxyl groups excluding tert-OH is 1. The molecule has 11 nitrogen and oxygen atoms in total. The number of hydrogen-bond acceptors (Lipinski definition) is 9. The molecule has 2 aliphatic rings. The SMILES string of the molecule is C#CC1=[N+](C(=O)C=C)CCN(CS[C@@H](Oc2cc(C)c(C(=O)Nc3ccn(CC)n3)cc2C(O)N[C@H]2CCOC2)c2ccc(C)c(F)c2)C1. The number of carbonyl (C=O) groups excluding carboxylic acids is 2. The number of aliphatic hydroxyl groups is 1. The van der Waals surface area contributed by atoms with E-state index >= 15 is 0 Å². The summed E-state index contributed by atoms with van der Waals surface area (Å²) in [6.07, 6.45) is 8.29. The Bertz CT molecular complexity index is 1780. The Morgan fingerprint density at radius 3 is 2.80 bits per heavy atom. The number of thioether (sulfide) groups is 1. The third-order valence-electron chi connectivity index (χ3n) is 8.48. The van der Waals surface area contributed by atoms with Crippen molar-refractivity contribution in [2.75, 3.05) is 44.0 Å². The van der Waals surface area contributed by atoms with E-state index in [-0.39, 0.29) is 23.7 Å². The second kappa shape index (κ2) is 16.4. The molecule has 2 aromatic carbocycles. The molecule has 3 atom stereocenters. The quantitative estimate of drug-likeness (QED) is 0.105. The van der Waals surface area contributed by atoms with Crippen LogP contribution in [-0.2, 0) is 16.1 Å². The highest BCUT2D eigenvalue weighted by molar-refractivity contribution is 7.99.